The summed E-state index contributed by atoms with van der Waals surface area (Å²) >= 11 is 0. The molecule has 2 fully saturated rings. The van der Waals surface area contributed by atoms with Crippen molar-refractivity contribution in [3.8, 4) is 5.75 Å². The summed E-state index contributed by atoms with van der Waals surface area (Å²) in [6.45, 7) is 0.499. The topological polar surface area (TPSA) is 83.5 Å². The van der Waals surface area contributed by atoms with Crippen molar-refractivity contribution in [2.24, 2.45) is 0 Å². The van der Waals surface area contributed by atoms with Crippen LogP contribution in [0.3, 0.4) is 0 Å². The second kappa shape index (κ2) is 7.60. The summed E-state index contributed by atoms with van der Waals surface area (Å²) < 4.78 is 6.25. The number of carbonyl (C=O) groups excluding carboxylic acids is 1. The molecule has 0 unspecified atom stereocenters. The van der Waals surface area contributed by atoms with E-state index in [2.05, 4.69) is 15.6 Å². The van der Waals surface area contributed by atoms with E-state index in [1.807, 2.05) is 30.5 Å². The number of ether oxygens (including phenoxy) is 1. The van der Waals surface area contributed by atoms with Gasteiger partial charge in [-0.25, -0.2) is 0 Å². The van der Waals surface area contributed by atoms with Crippen LogP contribution in [-0.2, 0) is 4.79 Å². The van der Waals surface area contributed by atoms with Crippen LogP contribution < -0.4 is 15.4 Å². The first-order valence-electron chi connectivity index (χ1n) is 9.40. The van der Waals surface area contributed by atoms with Crippen LogP contribution in [0.1, 0.15) is 32.1 Å². The highest BCUT2D eigenvalue weighted by Crippen LogP contribution is 2.29. The van der Waals surface area contributed by atoms with Crippen LogP contribution in [0.2, 0.25) is 0 Å². The van der Waals surface area contributed by atoms with Gasteiger partial charge in [0, 0.05) is 35.8 Å². The van der Waals surface area contributed by atoms with Gasteiger partial charge >= 0.3 is 0 Å². The highest BCUT2D eigenvalue weighted by molar-refractivity contribution is 5.87. The molecule has 2 atom stereocenters. The Balaban J connectivity index is 1.30. The average molecular weight is 355 g/mol. The molecular weight excluding hydrogens is 330 g/mol. The number of nitrogens with one attached hydrogen (secondary N) is 2. The van der Waals surface area contributed by atoms with Crippen molar-refractivity contribution >= 4 is 16.7 Å². The monoisotopic (exact) mass is 355 g/mol. The highest BCUT2D eigenvalue weighted by Gasteiger charge is 2.30. The molecule has 1 aromatic carbocycles. The zero-order valence-electron chi connectivity index (χ0n) is 14.7. The van der Waals surface area contributed by atoms with Crippen molar-refractivity contribution in [2.75, 3.05) is 6.54 Å². The number of aromatic nitrogens is 1. The predicted octanol–water partition coefficient (Wildman–Crippen LogP) is 1.76. The van der Waals surface area contributed by atoms with Gasteiger partial charge in [-0.3, -0.25) is 9.78 Å². The van der Waals surface area contributed by atoms with Gasteiger partial charge in [-0.15, -0.1) is 0 Å². The largest absolute Gasteiger partial charge is 0.490 e. The van der Waals surface area contributed by atoms with Gasteiger partial charge in [0.1, 0.15) is 5.75 Å². The molecule has 1 aliphatic heterocycles. The first-order valence-corrected chi connectivity index (χ1v) is 9.40. The molecule has 26 heavy (non-hydrogen) atoms. The fourth-order valence-corrected chi connectivity index (χ4v) is 3.92. The Morgan fingerprint density at radius 1 is 1.23 bits per heavy atom. The van der Waals surface area contributed by atoms with Crippen molar-refractivity contribution in [1.82, 2.24) is 15.6 Å². The molecule has 1 amide bonds. The number of aliphatic hydroxyl groups excluding tert-OH is 1. The van der Waals surface area contributed by atoms with Gasteiger partial charge in [-0.1, -0.05) is 12.1 Å². The Bertz CT molecular complexity index is 768. The number of carbonyl (C=O) groups is 1. The smallest absolute Gasteiger partial charge is 0.237 e. The van der Waals surface area contributed by atoms with Gasteiger partial charge < -0.3 is 20.5 Å². The molecule has 3 N–H and O–H groups in total. The minimum absolute atomic E-state index is 0.00692. The van der Waals surface area contributed by atoms with Gasteiger partial charge in [0.05, 0.1) is 18.2 Å². The number of hydrogen-bond donors (Lipinski definition) is 3. The molecule has 1 aromatic heterocycles. The summed E-state index contributed by atoms with van der Waals surface area (Å²) in [5, 5.41) is 17.9. The van der Waals surface area contributed by atoms with Crippen LogP contribution >= 0.6 is 0 Å². The zero-order chi connectivity index (χ0) is 17.9. The molecular formula is C20H25N3O3. The Morgan fingerprint density at radius 2 is 2.08 bits per heavy atom. The van der Waals surface area contributed by atoms with Crippen molar-refractivity contribution in [1.29, 1.82) is 0 Å². The van der Waals surface area contributed by atoms with E-state index >= 15 is 0 Å². The number of nitrogens with zero attached hydrogens (tertiary/aromatic N) is 1. The number of pyridine rings is 1. The van der Waals surface area contributed by atoms with E-state index < -0.39 is 6.10 Å². The van der Waals surface area contributed by atoms with Gasteiger partial charge in [0.2, 0.25) is 5.91 Å². The molecule has 1 aliphatic carbocycles. The minimum Gasteiger partial charge on any atom is -0.490 e. The third kappa shape index (κ3) is 3.81. The quantitative estimate of drug-likeness (QED) is 0.778. The summed E-state index contributed by atoms with van der Waals surface area (Å²) in [6.07, 6.45) is 7.58. The Hall–Kier alpha value is -2.18. The molecule has 0 spiro atoms. The fourth-order valence-electron chi connectivity index (χ4n) is 3.92. The lowest BCUT2D eigenvalue weighted by atomic mass is 9.92. The number of rotatable bonds is 4. The maximum atomic E-state index is 12.3. The maximum absolute atomic E-state index is 12.3. The number of fused-ring (bicyclic) bond motifs is 1. The second-order valence-corrected chi connectivity index (χ2v) is 7.30. The SMILES string of the molecule is O=C(NC1CCC(Oc2cccc3cnccc23)CC1)[C@H]1C[C@@H](O)CN1. The molecule has 2 heterocycles. The van der Waals surface area contributed by atoms with E-state index in [1.54, 1.807) is 6.20 Å². The average Bonchev–Trinajstić information content (AvgIpc) is 3.10. The van der Waals surface area contributed by atoms with Crippen molar-refractivity contribution in [2.45, 2.75) is 56.4 Å². The molecule has 0 bridgehead atoms. The summed E-state index contributed by atoms with van der Waals surface area (Å²) in [7, 11) is 0. The van der Waals surface area contributed by atoms with E-state index in [4.69, 9.17) is 4.74 Å². The van der Waals surface area contributed by atoms with Crippen LogP contribution in [0.5, 0.6) is 5.75 Å². The van der Waals surface area contributed by atoms with Crippen LogP contribution in [0.4, 0.5) is 0 Å². The molecule has 6 nitrogen and oxygen atoms in total. The summed E-state index contributed by atoms with van der Waals surface area (Å²) in [5.41, 5.74) is 0. The van der Waals surface area contributed by atoms with E-state index in [1.165, 1.54) is 0 Å². The molecule has 0 radical (unpaired) electrons. The van der Waals surface area contributed by atoms with Gasteiger partial charge in [0.25, 0.3) is 0 Å². The number of β-amino-alcohol motifs (C(OH)–C–C–N with tert-alkyl or cyclic N) is 1. The van der Waals surface area contributed by atoms with Crippen LogP contribution in [-0.4, -0.2) is 46.8 Å². The second-order valence-electron chi connectivity index (χ2n) is 7.30. The van der Waals surface area contributed by atoms with Crippen LogP contribution in [0.15, 0.2) is 36.7 Å². The van der Waals surface area contributed by atoms with Gasteiger partial charge in [-0.2, -0.15) is 0 Å². The van der Waals surface area contributed by atoms with Crippen molar-refractivity contribution in [3.05, 3.63) is 36.7 Å². The number of aliphatic hydroxyl groups is 1. The van der Waals surface area contributed by atoms with E-state index in [0.29, 0.717) is 13.0 Å². The number of benzene rings is 1. The summed E-state index contributed by atoms with van der Waals surface area (Å²) in [5.74, 6) is 0.911. The van der Waals surface area contributed by atoms with E-state index in [9.17, 15) is 9.90 Å². The van der Waals surface area contributed by atoms with E-state index in [-0.39, 0.29) is 24.1 Å². The molecule has 1 saturated carbocycles. The summed E-state index contributed by atoms with van der Waals surface area (Å²) in [6, 6.07) is 7.96. The molecule has 138 valence electrons. The van der Waals surface area contributed by atoms with Crippen LogP contribution in [0, 0.1) is 0 Å². The first kappa shape index (κ1) is 17.2. The molecule has 1 saturated heterocycles. The Kier molecular flexibility index (Phi) is 5.04. The van der Waals surface area contributed by atoms with Gasteiger partial charge in [-0.05, 0) is 44.2 Å². The summed E-state index contributed by atoms with van der Waals surface area (Å²) in [4.78, 5) is 16.4. The highest BCUT2D eigenvalue weighted by atomic mass is 16.5. The zero-order valence-corrected chi connectivity index (χ0v) is 14.7. The maximum Gasteiger partial charge on any atom is 0.237 e. The normalized spacial score (nSPS) is 28.8. The molecule has 2 aromatic rings. The Labute approximate surface area is 153 Å². The lowest BCUT2D eigenvalue weighted by Gasteiger charge is -2.30. The fraction of sp³-hybridized carbons (Fsp3) is 0.500. The first-order chi connectivity index (χ1) is 12.7. The minimum atomic E-state index is -0.411. The number of amides is 1. The molecule has 6 heteroatoms. The third-order valence-electron chi connectivity index (χ3n) is 5.38. The van der Waals surface area contributed by atoms with Crippen LogP contribution in [0.25, 0.3) is 10.8 Å². The van der Waals surface area contributed by atoms with Crippen molar-refractivity contribution in [3.63, 3.8) is 0 Å². The van der Waals surface area contributed by atoms with E-state index in [0.717, 1.165) is 42.2 Å². The lowest BCUT2D eigenvalue weighted by molar-refractivity contribution is -0.124. The number of hydrogen-bond acceptors (Lipinski definition) is 5. The van der Waals surface area contributed by atoms with Crippen molar-refractivity contribution < 1.29 is 14.6 Å². The molecule has 2 aliphatic rings. The van der Waals surface area contributed by atoms with Gasteiger partial charge in [0.15, 0.2) is 0 Å². The lowest BCUT2D eigenvalue weighted by Crippen LogP contribution is -2.47. The third-order valence-corrected chi connectivity index (χ3v) is 5.38. The molecule has 4 rings (SSSR count). The standard InChI is InChI=1S/C20H25N3O3/c24-15-10-18(22-12-15)20(25)23-14-4-6-16(7-5-14)26-19-3-1-2-13-11-21-9-8-17(13)19/h1-3,8-9,11,14-16,18,22,24H,4-7,10,12H2,(H,23,25)/t14?,15-,16?,18-/m1/s1. The predicted molar refractivity (Wildman–Crippen MR) is 99.0 cm³/mol. The Morgan fingerprint density at radius 3 is 2.85 bits per heavy atom.